The van der Waals surface area contributed by atoms with Crippen molar-refractivity contribution in [2.24, 2.45) is 0 Å². The van der Waals surface area contributed by atoms with E-state index in [1.54, 1.807) is 20.2 Å². The van der Waals surface area contributed by atoms with Crippen molar-refractivity contribution in [3.05, 3.63) is 39.9 Å². The van der Waals surface area contributed by atoms with Crippen LogP contribution in [0.2, 0.25) is 0 Å². The fourth-order valence-corrected chi connectivity index (χ4v) is 1.41. The SMILES string of the molecule is CN(C)C(=O)CNC(=O)Cc1ccccc1[N+](=O)[O-]. The van der Waals surface area contributed by atoms with Gasteiger partial charge in [0.25, 0.3) is 5.69 Å². The third kappa shape index (κ3) is 4.38. The number of carbonyl (C=O) groups excluding carboxylic acids is 2. The summed E-state index contributed by atoms with van der Waals surface area (Å²) in [6, 6.07) is 6.02. The van der Waals surface area contributed by atoms with Crippen LogP contribution in [-0.4, -0.2) is 42.3 Å². The maximum Gasteiger partial charge on any atom is 0.273 e. The summed E-state index contributed by atoms with van der Waals surface area (Å²) < 4.78 is 0. The lowest BCUT2D eigenvalue weighted by molar-refractivity contribution is -0.385. The molecule has 0 saturated heterocycles. The molecule has 0 bridgehead atoms. The van der Waals surface area contributed by atoms with E-state index >= 15 is 0 Å². The van der Waals surface area contributed by atoms with E-state index in [0.717, 1.165) is 0 Å². The molecular weight excluding hydrogens is 250 g/mol. The Morgan fingerprint density at radius 3 is 2.53 bits per heavy atom. The Hall–Kier alpha value is -2.44. The lowest BCUT2D eigenvalue weighted by Crippen LogP contribution is -2.36. The van der Waals surface area contributed by atoms with Gasteiger partial charge in [-0.2, -0.15) is 0 Å². The first-order valence-electron chi connectivity index (χ1n) is 5.61. The molecule has 0 saturated carbocycles. The van der Waals surface area contributed by atoms with Gasteiger partial charge in [0.2, 0.25) is 11.8 Å². The molecule has 0 spiro atoms. The zero-order valence-corrected chi connectivity index (χ0v) is 10.8. The lowest BCUT2D eigenvalue weighted by Gasteiger charge is -2.10. The van der Waals surface area contributed by atoms with Gasteiger partial charge in [-0.1, -0.05) is 18.2 Å². The molecule has 0 radical (unpaired) electrons. The second kappa shape index (κ2) is 6.48. The third-order valence-corrected chi connectivity index (χ3v) is 2.47. The summed E-state index contributed by atoms with van der Waals surface area (Å²) in [5.74, 6) is -0.666. The lowest BCUT2D eigenvalue weighted by atomic mass is 10.1. The van der Waals surface area contributed by atoms with E-state index in [1.165, 1.54) is 23.1 Å². The molecule has 0 aliphatic rings. The van der Waals surface area contributed by atoms with Crippen LogP contribution in [0.15, 0.2) is 24.3 Å². The molecule has 1 aromatic rings. The largest absolute Gasteiger partial charge is 0.347 e. The monoisotopic (exact) mass is 265 g/mol. The standard InChI is InChI=1S/C12H15N3O4/c1-14(2)12(17)8-13-11(16)7-9-5-3-4-6-10(9)15(18)19/h3-6H,7-8H2,1-2H3,(H,13,16). The second-order valence-corrected chi connectivity index (χ2v) is 4.13. The number of carbonyl (C=O) groups is 2. The first-order chi connectivity index (χ1) is 8.91. The topological polar surface area (TPSA) is 92.6 Å². The molecule has 19 heavy (non-hydrogen) atoms. The van der Waals surface area contributed by atoms with E-state index in [4.69, 9.17) is 0 Å². The molecular formula is C12H15N3O4. The molecule has 0 heterocycles. The minimum atomic E-state index is -0.534. The number of nitrogens with zero attached hydrogens (tertiary/aromatic N) is 2. The van der Waals surface area contributed by atoms with Gasteiger partial charge in [-0.25, -0.2) is 0 Å². The van der Waals surface area contributed by atoms with Crippen molar-refractivity contribution in [3.8, 4) is 0 Å². The van der Waals surface area contributed by atoms with Gasteiger partial charge in [0.05, 0.1) is 17.9 Å². The molecule has 0 atom stereocenters. The summed E-state index contributed by atoms with van der Waals surface area (Å²) in [6.07, 6.45) is -0.127. The zero-order valence-electron chi connectivity index (χ0n) is 10.8. The van der Waals surface area contributed by atoms with Gasteiger partial charge in [0.15, 0.2) is 0 Å². The molecule has 7 heteroatoms. The summed E-state index contributed by atoms with van der Waals surface area (Å²) >= 11 is 0. The number of para-hydroxylation sites is 1. The molecule has 102 valence electrons. The Morgan fingerprint density at radius 2 is 1.95 bits per heavy atom. The summed E-state index contributed by atoms with van der Waals surface area (Å²) in [4.78, 5) is 34.5. The molecule has 0 aliphatic heterocycles. The number of nitro groups is 1. The Kier molecular flexibility index (Phi) is 4.99. The average Bonchev–Trinajstić information content (AvgIpc) is 2.36. The van der Waals surface area contributed by atoms with Crippen LogP contribution in [0.5, 0.6) is 0 Å². The van der Waals surface area contributed by atoms with Gasteiger partial charge >= 0.3 is 0 Å². The van der Waals surface area contributed by atoms with Gasteiger partial charge in [0, 0.05) is 25.7 Å². The molecule has 0 aliphatic carbocycles. The van der Waals surface area contributed by atoms with Gasteiger partial charge in [-0.15, -0.1) is 0 Å². The number of rotatable bonds is 5. The minimum Gasteiger partial charge on any atom is -0.347 e. The van der Waals surface area contributed by atoms with Crippen LogP contribution in [-0.2, 0) is 16.0 Å². The van der Waals surface area contributed by atoms with Crippen LogP contribution in [0.4, 0.5) is 5.69 Å². The molecule has 1 aromatic carbocycles. The fraction of sp³-hybridized carbons (Fsp3) is 0.333. The van der Waals surface area contributed by atoms with Gasteiger partial charge < -0.3 is 10.2 Å². The number of likely N-dealkylation sites (N-methyl/N-ethyl adjacent to an activating group) is 1. The normalized spacial score (nSPS) is 9.79. The Balaban J connectivity index is 2.63. The van der Waals surface area contributed by atoms with Crippen molar-refractivity contribution in [2.75, 3.05) is 20.6 Å². The molecule has 1 rings (SSSR count). The average molecular weight is 265 g/mol. The Morgan fingerprint density at radius 1 is 1.32 bits per heavy atom. The van der Waals surface area contributed by atoms with E-state index in [9.17, 15) is 19.7 Å². The smallest absolute Gasteiger partial charge is 0.273 e. The second-order valence-electron chi connectivity index (χ2n) is 4.13. The molecule has 2 amide bonds. The summed E-state index contributed by atoms with van der Waals surface area (Å²) in [5, 5.41) is 13.2. The number of hydrogen-bond acceptors (Lipinski definition) is 4. The first-order valence-corrected chi connectivity index (χ1v) is 5.61. The number of hydrogen-bond donors (Lipinski definition) is 1. The number of nitrogens with one attached hydrogen (secondary N) is 1. The first kappa shape index (κ1) is 14.6. The quantitative estimate of drug-likeness (QED) is 0.613. The van der Waals surface area contributed by atoms with Crippen LogP contribution in [0.3, 0.4) is 0 Å². The van der Waals surface area contributed by atoms with E-state index < -0.39 is 10.8 Å². The maximum atomic E-state index is 11.6. The number of nitro benzene ring substituents is 1. The van der Waals surface area contributed by atoms with Crippen LogP contribution in [0.1, 0.15) is 5.56 Å². The van der Waals surface area contributed by atoms with E-state index in [1.807, 2.05) is 0 Å². The van der Waals surface area contributed by atoms with Gasteiger partial charge in [-0.05, 0) is 0 Å². The molecule has 7 nitrogen and oxygen atoms in total. The summed E-state index contributed by atoms with van der Waals surface area (Å²) in [5.41, 5.74) is 0.221. The van der Waals surface area contributed by atoms with E-state index in [2.05, 4.69) is 5.32 Å². The van der Waals surface area contributed by atoms with Crippen LogP contribution in [0, 0.1) is 10.1 Å². The highest BCUT2D eigenvalue weighted by Crippen LogP contribution is 2.17. The Bertz CT molecular complexity index is 500. The maximum absolute atomic E-state index is 11.6. The highest BCUT2D eigenvalue weighted by Gasteiger charge is 2.15. The Labute approximate surface area is 110 Å². The molecule has 0 fully saturated rings. The van der Waals surface area contributed by atoms with Crippen molar-refractivity contribution < 1.29 is 14.5 Å². The van der Waals surface area contributed by atoms with Crippen LogP contribution in [0.25, 0.3) is 0 Å². The van der Waals surface area contributed by atoms with Crippen molar-refractivity contribution in [1.29, 1.82) is 0 Å². The fourth-order valence-electron chi connectivity index (χ4n) is 1.41. The molecule has 1 N–H and O–H groups in total. The van der Waals surface area contributed by atoms with E-state index in [-0.39, 0.29) is 24.6 Å². The van der Waals surface area contributed by atoms with Crippen LogP contribution >= 0.6 is 0 Å². The predicted octanol–water partition coefficient (Wildman–Crippen LogP) is 0.342. The van der Waals surface area contributed by atoms with Crippen molar-refractivity contribution in [2.45, 2.75) is 6.42 Å². The minimum absolute atomic E-state index is 0.100. The summed E-state index contributed by atoms with van der Waals surface area (Å²) in [6.45, 7) is -0.119. The highest BCUT2D eigenvalue weighted by molar-refractivity contribution is 5.85. The number of amides is 2. The zero-order chi connectivity index (χ0) is 14.4. The van der Waals surface area contributed by atoms with Crippen LogP contribution < -0.4 is 5.32 Å². The van der Waals surface area contributed by atoms with Crippen molar-refractivity contribution >= 4 is 17.5 Å². The third-order valence-electron chi connectivity index (χ3n) is 2.47. The number of benzene rings is 1. The van der Waals surface area contributed by atoms with Gasteiger partial charge in [-0.3, -0.25) is 19.7 Å². The predicted molar refractivity (Wildman–Crippen MR) is 68.5 cm³/mol. The van der Waals surface area contributed by atoms with Crippen molar-refractivity contribution in [3.63, 3.8) is 0 Å². The summed E-state index contributed by atoms with van der Waals surface area (Å²) in [7, 11) is 3.16. The highest BCUT2D eigenvalue weighted by atomic mass is 16.6. The molecule has 0 aromatic heterocycles. The van der Waals surface area contributed by atoms with E-state index in [0.29, 0.717) is 5.56 Å². The van der Waals surface area contributed by atoms with Gasteiger partial charge in [0.1, 0.15) is 0 Å². The van der Waals surface area contributed by atoms with Crippen molar-refractivity contribution in [1.82, 2.24) is 10.2 Å². The molecule has 0 unspecified atom stereocenters.